The lowest BCUT2D eigenvalue weighted by atomic mass is 10.2. The Balaban J connectivity index is 1.38. The van der Waals surface area contributed by atoms with Crippen LogP contribution < -0.4 is 15.4 Å². The largest absolute Gasteiger partial charge is 0.482 e. The predicted molar refractivity (Wildman–Crippen MR) is 134 cm³/mol. The molecule has 0 unspecified atom stereocenters. The fourth-order valence-electron chi connectivity index (χ4n) is 2.85. The zero-order valence-electron chi connectivity index (χ0n) is 17.0. The van der Waals surface area contributed by atoms with Crippen molar-refractivity contribution < 1.29 is 14.3 Å². The van der Waals surface area contributed by atoms with Gasteiger partial charge in [-0.15, -0.1) is 0 Å². The second-order valence-corrected chi connectivity index (χ2v) is 8.73. The van der Waals surface area contributed by atoms with Crippen LogP contribution in [0, 0.1) is 0 Å². The average molecular weight is 498 g/mol. The number of anilines is 1. The Morgan fingerprint density at radius 1 is 1.06 bits per heavy atom. The lowest BCUT2D eigenvalue weighted by Crippen LogP contribution is -2.20. The third-order valence-electron chi connectivity index (χ3n) is 4.38. The van der Waals surface area contributed by atoms with Crippen LogP contribution in [0.15, 0.2) is 82.7 Å². The standard InChI is InChI=1S/C24H17Cl2N3O3S/c25-16-7-9-18(10-8-16)28-24-29-23(31)21(33-24)13-15-6-11-20(19(26)12-15)32-14-22(30)27-17-4-2-1-3-5-17/h1-13H,14H2,(H,27,30)(H,28,29,31)/b21-13-. The quantitative estimate of drug-likeness (QED) is 0.415. The molecule has 0 atom stereocenters. The number of amides is 2. The molecule has 1 fully saturated rings. The molecule has 0 saturated carbocycles. The molecular formula is C24H17Cl2N3O3S. The van der Waals surface area contributed by atoms with Crippen molar-refractivity contribution in [3.63, 3.8) is 0 Å². The van der Waals surface area contributed by atoms with Crippen molar-refractivity contribution in [1.82, 2.24) is 5.32 Å². The van der Waals surface area contributed by atoms with Crippen molar-refractivity contribution in [1.29, 1.82) is 0 Å². The second kappa shape index (κ2) is 10.6. The Morgan fingerprint density at radius 2 is 1.82 bits per heavy atom. The third-order valence-corrected chi connectivity index (χ3v) is 5.84. The molecule has 1 aliphatic heterocycles. The number of hydrogen-bond acceptors (Lipinski definition) is 5. The molecule has 166 valence electrons. The van der Waals surface area contributed by atoms with Gasteiger partial charge < -0.3 is 15.4 Å². The number of nitrogens with one attached hydrogen (secondary N) is 2. The fraction of sp³-hybridized carbons (Fsp3) is 0.0417. The molecule has 0 spiro atoms. The van der Waals surface area contributed by atoms with E-state index in [2.05, 4.69) is 15.6 Å². The maximum Gasteiger partial charge on any atom is 0.264 e. The van der Waals surface area contributed by atoms with Crippen molar-refractivity contribution >= 4 is 69.4 Å². The van der Waals surface area contributed by atoms with E-state index in [1.807, 2.05) is 18.2 Å². The number of amidine groups is 1. The van der Waals surface area contributed by atoms with Gasteiger partial charge in [0, 0.05) is 10.7 Å². The van der Waals surface area contributed by atoms with Crippen molar-refractivity contribution in [2.24, 2.45) is 4.99 Å². The smallest absolute Gasteiger partial charge is 0.264 e. The molecule has 1 aliphatic rings. The molecule has 6 nitrogen and oxygen atoms in total. The van der Waals surface area contributed by atoms with Gasteiger partial charge in [0.05, 0.1) is 15.6 Å². The molecule has 1 saturated heterocycles. The lowest BCUT2D eigenvalue weighted by Gasteiger charge is -2.09. The summed E-state index contributed by atoms with van der Waals surface area (Å²) in [6.45, 7) is -0.183. The number of para-hydroxylation sites is 1. The Bertz CT molecular complexity index is 1250. The molecule has 1 heterocycles. The van der Waals surface area contributed by atoms with Gasteiger partial charge in [-0.05, 0) is 71.9 Å². The van der Waals surface area contributed by atoms with Crippen LogP contribution in [0.5, 0.6) is 5.75 Å². The number of nitrogens with zero attached hydrogens (tertiary/aromatic N) is 1. The molecule has 0 bridgehead atoms. The molecule has 2 N–H and O–H groups in total. The Hall–Kier alpha value is -3.26. The van der Waals surface area contributed by atoms with E-state index < -0.39 is 0 Å². The Kier molecular flexibility index (Phi) is 7.34. The van der Waals surface area contributed by atoms with Crippen LogP contribution in [0.3, 0.4) is 0 Å². The minimum absolute atomic E-state index is 0.183. The first-order chi connectivity index (χ1) is 16.0. The first kappa shape index (κ1) is 22.9. The van der Waals surface area contributed by atoms with E-state index in [9.17, 15) is 9.59 Å². The number of carbonyl (C=O) groups excluding carboxylic acids is 2. The zero-order chi connectivity index (χ0) is 23.2. The highest BCUT2D eigenvalue weighted by atomic mass is 35.5. The fourth-order valence-corrected chi connectivity index (χ4v) is 4.06. The van der Waals surface area contributed by atoms with E-state index in [-0.39, 0.29) is 18.4 Å². The van der Waals surface area contributed by atoms with Crippen LogP contribution in [0.4, 0.5) is 11.4 Å². The summed E-state index contributed by atoms with van der Waals surface area (Å²) in [4.78, 5) is 29.3. The molecule has 0 aliphatic carbocycles. The summed E-state index contributed by atoms with van der Waals surface area (Å²) in [5.41, 5.74) is 2.08. The minimum Gasteiger partial charge on any atom is -0.482 e. The van der Waals surface area contributed by atoms with Gasteiger partial charge in [0.2, 0.25) is 0 Å². The number of ether oxygens (including phenoxy) is 1. The van der Waals surface area contributed by atoms with Crippen molar-refractivity contribution in [3.8, 4) is 5.75 Å². The number of aliphatic imine (C=N–C) groups is 1. The van der Waals surface area contributed by atoms with Gasteiger partial charge in [0.25, 0.3) is 11.8 Å². The van der Waals surface area contributed by atoms with E-state index in [1.165, 1.54) is 11.8 Å². The molecular weight excluding hydrogens is 481 g/mol. The van der Waals surface area contributed by atoms with Crippen LogP contribution >= 0.6 is 35.0 Å². The summed E-state index contributed by atoms with van der Waals surface area (Å²) < 4.78 is 5.53. The molecule has 2 amide bonds. The molecule has 9 heteroatoms. The van der Waals surface area contributed by atoms with Gasteiger partial charge in [-0.2, -0.15) is 0 Å². The summed E-state index contributed by atoms with van der Waals surface area (Å²) in [5.74, 6) is -0.174. The summed E-state index contributed by atoms with van der Waals surface area (Å²) in [6, 6.07) is 21.2. The monoisotopic (exact) mass is 497 g/mol. The van der Waals surface area contributed by atoms with Crippen LogP contribution in [-0.2, 0) is 9.59 Å². The topological polar surface area (TPSA) is 79.8 Å². The highest BCUT2D eigenvalue weighted by Crippen LogP contribution is 2.31. The molecule has 0 radical (unpaired) electrons. The molecule has 3 aromatic rings. The van der Waals surface area contributed by atoms with Gasteiger partial charge in [0.15, 0.2) is 11.8 Å². The second-order valence-electron chi connectivity index (χ2n) is 6.85. The number of carbonyl (C=O) groups is 2. The van der Waals surface area contributed by atoms with E-state index in [4.69, 9.17) is 27.9 Å². The predicted octanol–water partition coefficient (Wildman–Crippen LogP) is 5.90. The molecule has 33 heavy (non-hydrogen) atoms. The summed E-state index contributed by atoms with van der Waals surface area (Å²) in [6.07, 6.45) is 1.71. The zero-order valence-corrected chi connectivity index (χ0v) is 19.4. The number of rotatable bonds is 6. The Morgan fingerprint density at radius 3 is 2.55 bits per heavy atom. The number of thioether (sulfide) groups is 1. The normalized spacial score (nSPS) is 15.5. The highest BCUT2D eigenvalue weighted by molar-refractivity contribution is 8.18. The van der Waals surface area contributed by atoms with Gasteiger partial charge in [-0.3, -0.25) is 9.59 Å². The van der Waals surface area contributed by atoms with E-state index >= 15 is 0 Å². The maximum atomic E-state index is 12.3. The molecule has 0 aromatic heterocycles. The summed E-state index contributed by atoms with van der Waals surface area (Å²) in [5, 5.41) is 6.89. The van der Waals surface area contributed by atoms with Crippen LogP contribution in [0.25, 0.3) is 6.08 Å². The molecule has 3 aromatic carbocycles. The highest BCUT2D eigenvalue weighted by Gasteiger charge is 2.24. The summed E-state index contributed by atoms with van der Waals surface area (Å²) in [7, 11) is 0. The molecule has 4 rings (SSSR count). The van der Waals surface area contributed by atoms with E-state index in [0.29, 0.717) is 42.8 Å². The van der Waals surface area contributed by atoms with Crippen molar-refractivity contribution in [2.75, 3.05) is 11.9 Å². The van der Waals surface area contributed by atoms with E-state index in [1.54, 1.807) is 60.7 Å². The van der Waals surface area contributed by atoms with Crippen molar-refractivity contribution in [2.45, 2.75) is 0 Å². The van der Waals surface area contributed by atoms with Crippen LogP contribution in [0.2, 0.25) is 10.0 Å². The average Bonchev–Trinajstić information content (AvgIpc) is 3.14. The Labute approximate surface area is 204 Å². The maximum absolute atomic E-state index is 12.3. The first-order valence-electron chi connectivity index (χ1n) is 9.79. The lowest BCUT2D eigenvalue weighted by molar-refractivity contribution is -0.118. The third kappa shape index (κ3) is 6.38. The van der Waals surface area contributed by atoms with Gasteiger partial charge in [-0.1, -0.05) is 47.5 Å². The van der Waals surface area contributed by atoms with Gasteiger partial charge >= 0.3 is 0 Å². The van der Waals surface area contributed by atoms with Crippen LogP contribution in [0.1, 0.15) is 5.56 Å². The summed E-state index contributed by atoms with van der Waals surface area (Å²) >= 11 is 13.4. The number of hydrogen-bond donors (Lipinski definition) is 2. The van der Waals surface area contributed by atoms with Gasteiger partial charge in [-0.25, -0.2) is 4.99 Å². The first-order valence-corrected chi connectivity index (χ1v) is 11.4. The van der Waals surface area contributed by atoms with Gasteiger partial charge in [0.1, 0.15) is 5.75 Å². The van der Waals surface area contributed by atoms with E-state index in [0.717, 1.165) is 0 Å². The number of halogens is 2. The number of benzene rings is 3. The van der Waals surface area contributed by atoms with Crippen molar-refractivity contribution in [3.05, 3.63) is 93.3 Å². The minimum atomic E-state index is -0.296. The SMILES string of the molecule is O=C(COc1ccc(/C=C2\SC(=Nc3ccc(Cl)cc3)NC2=O)cc1Cl)Nc1ccccc1. The van der Waals surface area contributed by atoms with Crippen LogP contribution in [-0.4, -0.2) is 23.6 Å².